The van der Waals surface area contributed by atoms with E-state index in [0.717, 1.165) is 12.8 Å². The Labute approximate surface area is 92.2 Å². The molecule has 0 saturated carbocycles. The van der Waals surface area contributed by atoms with Crippen LogP contribution in [0.1, 0.15) is 33.1 Å². The molecule has 15 heavy (non-hydrogen) atoms. The number of hydrogen-bond acceptors (Lipinski definition) is 3. The number of nitrogens with two attached hydrogens (primary N) is 1. The smallest absolute Gasteiger partial charge is 0.0909 e. The van der Waals surface area contributed by atoms with Crippen LogP contribution >= 0.6 is 0 Å². The summed E-state index contributed by atoms with van der Waals surface area (Å²) in [5.74, 6) is 0. The van der Waals surface area contributed by atoms with E-state index in [4.69, 9.17) is 5.73 Å². The SMILES string of the molecule is CCCC(CCF)NC1C(C(C)N)N1C. The minimum Gasteiger partial charge on any atom is -0.326 e. The van der Waals surface area contributed by atoms with Gasteiger partial charge >= 0.3 is 0 Å². The van der Waals surface area contributed by atoms with Gasteiger partial charge in [-0.15, -0.1) is 0 Å². The summed E-state index contributed by atoms with van der Waals surface area (Å²) in [7, 11) is 2.06. The van der Waals surface area contributed by atoms with Crippen molar-refractivity contribution < 1.29 is 4.39 Å². The van der Waals surface area contributed by atoms with Crippen LogP contribution in [0.2, 0.25) is 0 Å². The highest BCUT2D eigenvalue weighted by atomic mass is 19.1. The monoisotopic (exact) mass is 217 g/mol. The molecule has 5 atom stereocenters. The van der Waals surface area contributed by atoms with E-state index in [-0.39, 0.29) is 12.7 Å². The average molecular weight is 217 g/mol. The van der Waals surface area contributed by atoms with Crippen molar-refractivity contribution in [3.63, 3.8) is 0 Å². The maximum absolute atomic E-state index is 12.3. The minimum atomic E-state index is -0.239. The Morgan fingerprint density at radius 1 is 1.47 bits per heavy atom. The maximum Gasteiger partial charge on any atom is 0.0909 e. The van der Waals surface area contributed by atoms with E-state index in [1.165, 1.54) is 0 Å². The molecule has 90 valence electrons. The average Bonchev–Trinajstić information content (AvgIpc) is 2.77. The van der Waals surface area contributed by atoms with Gasteiger partial charge < -0.3 is 5.73 Å². The molecule has 0 aromatic rings. The fourth-order valence-electron chi connectivity index (χ4n) is 2.27. The largest absolute Gasteiger partial charge is 0.326 e. The fraction of sp³-hybridized carbons (Fsp3) is 1.00. The number of halogens is 1. The zero-order chi connectivity index (χ0) is 11.4. The number of rotatable bonds is 7. The van der Waals surface area contributed by atoms with Crippen molar-refractivity contribution >= 4 is 0 Å². The zero-order valence-corrected chi connectivity index (χ0v) is 10.0. The number of nitrogens with zero attached hydrogens (tertiary/aromatic N) is 1. The number of nitrogens with one attached hydrogen (secondary N) is 1. The van der Waals surface area contributed by atoms with Crippen LogP contribution in [0.3, 0.4) is 0 Å². The molecule has 0 bridgehead atoms. The first-order chi connectivity index (χ1) is 7.11. The molecule has 1 heterocycles. The van der Waals surface area contributed by atoms with Crippen LogP contribution in [0.25, 0.3) is 0 Å². The molecule has 1 fully saturated rings. The molecule has 0 aliphatic carbocycles. The Bertz CT molecular complexity index is 181. The molecule has 1 aliphatic rings. The van der Waals surface area contributed by atoms with Crippen LogP contribution < -0.4 is 11.1 Å². The summed E-state index contributed by atoms with van der Waals surface area (Å²) in [5.41, 5.74) is 5.85. The first kappa shape index (κ1) is 12.9. The molecule has 0 spiro atoms. The van der Waals surface area contributed by atoms with E-state index in [2.05, 4.69) is 24.2 Å². The van der Waals surface area contributed by atoms with Crippen molar-refractivity contribution in [2.75, 3.05) is 13.7 Å². The number of hydrogen-bond donors (Lipinski definition) is 2. The summed E-state index contributed by atoms with van der Waals surface area (Å²) in [4.78, 5) is 2.21. The number of likely N-dealkylation sites (N-methyl/N-ethyl adjacent to an activating group) is 1. The van der Waals surface area contributed by atoms with Crippen LogP contribution in [-0.4, -0.2) is 42.9 Å². The van der Waals surface area contributed by atoms with Crippen LogP contribution in [0, 0.1) is 0 Å². The highest BCUT2D eigenvalue weighted by Crippen LogP contribution is 2.26. The molecule has 3 nitrogen and oxygen atoms in total. The molecule has 0 radical (unpaired) electrons. The predicted octanol–water partition coefficient (Wildman–Crippen LogP) is 1.09. The summed E-state index contributed by atoms with van der Waals surface area (Å²) < 4.78 is 12.3. The van der Waals surface area contributed by atoms with Gasteiger partial charge in [0.2, 0.25) is 0 Å². The number of alkyl halides is 1. The molecular weight excluding hydrogens is 193 g/mol. The van der Waals surface area contributed by atoms with Gasteiger partial charge in [0, 0.05) is 12.1 Å². The molecule has 1 aliphatic heterocycles. The van der Waals surface area contributed by atoms with Crippen molar-refractivity contribution in [1.82, 2.24) is 10.2 Å². The van der Waals surface area contributed by atoms with Crippen molar-refractivity contribution in [1.29, 1.82) is 0 Å². The van der Waals surface area contributed by atoms with Gasteiger partial charge in [0.15, 0.2) is 0 Å². The summed E-state index contributed by atoms with van der Waals surface area (Å²) in [5, 5.41) is 3.48. The highest BCUT2D eigenvalue weighted by molar-refractivity contribution is 5.03. The third-order valence-electron chi connectivity index (χ3n) is 3.18. The van der Waals surface area contributed by atoms with Gasteiger partial charge in [0.25, 0.3) is 0 Å². The van der Waals surface area contributed by atoms with Crippen LogP contribution in [-0.2, 0) is 0 Å². The second-order valence-corrected chi connectivity index (χ2v) is 4.59. The van der Waals surface area contributed by atoms with Crippen LogP contribution in [0.4, 0.5) is 4.39 Å². The van der Waals surface area contributed by atoms with E-state index in [1.807, 2.05) is 6.92 Å². The Balaban J connectivity index is 2.33. The third-order valence-corrected chi connectivity index (χ3v) is 3.18. The maximum atomic E-state index is 12.3. The molecule has 0 aromatic heterocycles. The van der Waals surface area contributed by atoms with E-state index in [1.54, 1.807) is 0 Å². The molecule has 5 unspecified atom stereocenters. The summed E-state index contributed by atoms with van der Waals surface area (Å²) in [6, 6.07) is 0.903. The van der Waals surface area contributed by atoms with Crippen molar-refractivity contribution in [2.45, 2.75) is 57.4 Å². The lowest BCUT2D eigenvalue weighted by molar-refractivity contribution is 0.359. The van der Waals surface area contributed by atoms with Gasteiger partial charge in [-0.3, -0.25) is 14.6 Å². The first-order valence-electron chi connectivity index (χ1n) is 5.91. The highest BCUT2D eigenvalue weighted by Gasteiger charge is 2.47. The predicted molar refractivity (Wildman–Crippen MR) is 61.4 cm³/mol. The molecular formula is C11H24FN3. The zero-order valence-electron chi connectivity index (χ0n) is 10.0. The Morgan fingerprint density at radius 2 is 2.13 bits per heavy atom. The standard InChI is InChI=1S/C11H24FN3/c1-4-5-9(6-7-12)14-11-10(8(2)13)15(11)3/h8-11,14H,4-7,13H2,1-3H3. The quantitative estimate of drug-likeness (QED) is 0.627. The lowest BCUT2D eigenvalue weighted by Gasteiger charge is -2.16. The molecule has 1 saturated heterocycles. The van der Waals surface area contributed by atoms with Gasteiger partial charge in [0.05, 0.1) is 18.9 Å². The Morgan fingerprint density at radius 3 is 2.53 bits per heavy atom. The molecule has 1 rings (SSSR count). The molecule has 3 N–H and O–H groups in total. The Hall–Kier alpha value is -0.190. The summed E-state index contributed by atoms with van der Waals surface area (Å²) >= 11 is 0. The minimum absolute atomic E-state index is 0.181. The lowest BCUT2D eigenvalue weighted by Crippen LogP contribution is -2.36. The van der Waals surface area contributed by atoms with Crippen molar-refractivity contribution in [2.24, 2.45) is 5.73 Å². The summed E-state index contributed by atoms with van der Waals surface area (Å²) in [6.07, 6.45) is 3.11. The normalized spacial score (nSPS) is 33.8. The van der Waals surface area contributed by atoms with Crippen LogP contribution in [0.15, 0.2) is 0 Å². The molecule has 0 amide bonds. The second kappa shape index (κ2) is 5.77. The fourth-order valence-corrected chi connectivity index (χ4v) is 2.27. The molecule has 0 aromatic carbocycles. The Kier molecular flexibility index (Phi) is 4.96. The lowest BCUT2D eigenvalue weighted by atomic mass is 10.1. The van der Waals surface area contributed by atoms with E-state index in [9.17, 15) is 4.39 Å². The van der Waals surface area contributed by atoms with Gasteiger partial charge in [-0.25, -0.2) is 0 Å². The van der Waals surface area contributed by atoms with Gasteiger partial charge in [-0.05, 0) is 26.8 Å². The second-order valence-electron chi connectivity index (χ2n) is 4.59. The van der Waals surface area contributed by atoms with Crippen molar-refractivity contribution in [3.8, 4) is 0 Å². The molecule has 4 heteroatoms. The van der Waals surface area contributed by atoms with E-state index >= 15 is 0 Å². The van der Waals surface area contributed by atoms with Crippen LogP contribution in [0.5, 0.6) is 0 Å². The van der Waals surface area contributed by atoms with E-state index in [0.29, 0.717) is 24.7 Å². The first-order valence-corrected chi connectivity index (χ1v) is 5.91. The van der Waals surface area contributed by atoms with Crippen molar-refractivity contribution in [3.05, 3.63) is 0 Å². The topological polar surface area (TPSA) is 41.1 Å². The van der Waals surface area contributed by atoms with Gasteiger partial charge in [0.1, 0.15) is 0 Å². The third kappa shape index (κ3) is 3.40. The summed E-state index contributed by atoms with van der Waals surface area (Å²) in [6.45, 7) is 3.91. The van der Waals surface area contributed by atoms with Gasteiger partial charge in [-0.2, -0.15) is 0 Å². The van der Waals surface area contributed by atoms with E-state index < -0.39 is 0 Å². The van der Waals surface area contributed by atoms with Gasteiger partial charge in [-0.1, -0.05) is 13.3 Å².